The Bertz CT molecular complexity index is 763. The highest BCUT2D eigenvalue weighted by atomic mass is 79.9. The van der Waals surface area contributed by atoms with E-state index in [1.807, 2.05) is 36.4 Å². The molecule has 0 atom stereocenters. The molecule has 5 heteroatoms. The number of amides is 1. The Morgan fingerprint density at radius 2 is 2.17 bits per heavy atom. The molecule has 0 saturated carbocycles. The van der Waals surface area contributed by atoms with Crippen LogP contribution in [0.3, 0.4) is 0 Å². The summed E-state index contributed by atoms with van der Waals surface area (Å²) in [5.41, 5.74) is 4.96. The summed E-state index contributed by atoms with van der Waals surface area (Å²) in [7, 11) is 2.09. The number of alkyl halides is 1. The lowest BCUT2D eigenvalue weighted by atomic mass is 9.99. The lowest BCUT2D eigenvalue weighted by Gasteiger charge is -2.26. The highest BCUT2D eigenvalue weighted by Gasteiger charge is 2.17. The van der Waals surface area contributed by atoms with Crippen molar-refractivity contribution < 1.29 is 4.79 Å². The van der Waals surface area contributed by atoms with Crippen LogP contribution in [0, 0.1) is 0 Å². The fourth-order valence-electron chi connectivity index (χ4n) is 3.04. The predicted molar refractivity (Wildman–Crippen MR) is 103 cm³/mol. The number of rotatable bonds is 4. The van der Waals surface area contributed by atoms with Gasteiger partial charge in [-0.1, -0.05) is 39.7 Å². The van der Waals surface area contributed by atoms with E-state index in [1.165, 1.54) is 11.1 Å². The lowest BCUT2D eigenvalue weighted by Crippen LogP contribution is -2.27. The summed E-state index contributed by atoms with van der Waals surface area (Å²) in [5.74, 6) is -0.105. The van der Waals surface area contributed by atoms with Crippen LogP contribution in [0.15, 0.2) is 36.4 Å². The van der Waals surface area contributed by atoms with Gasteiger partial charge in [0.05, 0.1) is 0 Å². The molecule has 0 fully saturated rings. The van der Waals surface area contributed by atoms with Crippen LogP contribution in [0.1, 0.15) is 27.0 Å². The second-order valence-electron chi connectivity index (χ2n) is 6.18. The third-order valence-electron chi connectivity index (χ3n) is 4.30. The normalized spacial score (nSPS) is 14.3. The van der Waals surface area contributed by atoms with Crippen LogP contribution in [0.5, 0.6) is 0 Å². The lowest BCUT2D eigenvalue weighted by molar-refractivity contribution is 0.102. The van der Waals surface area contributed by atoms with E-state index in [-0.39, 0.29) is 5.91 Å². The summed E-state index contributed by atoms with van der Waals surface area (Å²) in [6.45, 7) is 1.87. The van der Waals surface area contributed by atoms with Crippen molar-refractivity contribution in [3.63, 3.8) is 0 Å². The quantitative estimate of drug-likeness (QED) is 0.756. The van der Waals surface area contributed by atoms with E-state index in [1.54, 1.807) is 0 Å². The van der Waals surface area contributed by atoms with Crippen LogP contribution >= 0.6 is 27.5 Å². The molecule has 0 radical (unpaired) electrons. The van der Waals surface area contributed by atoms with Crippen LogP contribution in [0.4, 0.5) is 5.69 Å². The molecule has 3 rings (SSSR count). The van der Waals surface area contributed by atoms with Crippen LogP contribution in [-0.2, 0) is 19.4 Å². The zero-order valence-electron chi connectivity index (χ0n) is 13.6. The van der Waals surface area contributed by atoms with Gasteiger partial charge in [-0.3, -0.25) is 4.79 Å². The van der Waals surface area contributed by atoms with Gasteiger partial charge in [-0.2, -0.15) is 0 Å². The van der Waals surface area contributed by atoms with Crippen molar-refractivity contribution in [2.45, 2.75) is 19.4 Å². The Hall–Kier alpha value is -1.36. The molecular weight excluding hydrogens is 388 g/mol. The van der Waals surface area contributed by atoms with Crippen LogP contribution in [0.25, 0.3) is 0 Å². The molecule has 1 aliphatic rings. The Morgan fingerprint density at radius 3 is 2.96 bits per heavy atom. The molecule has 0 unspecified atom stereocenters. The van der Waals surface area contributed by atoms with E-state index >= 15 is 0 Å². The largest absolute Gasteiger partial charge is 0.322 e. The predicted octanol–water partition coefficient (Wildman–Crippen LogP) is 4.52. The first-order valence-electron chi connectivity index (χ1n) is 8.03. The van der Waals surface area contributed by atoms with Gasteiger partial charge in [-0.05, 0) is 60.8 Å². The van der Waals surface area contributed by atoms with Crippen molar-refractivity contribution in [1.29, 1.82) is 0 Å². The van der Waals surface area contributed by atoms with Crippen molar-refractivity contribution in [3.05, 3.63) is 63.7 Å². The van der Waals surface area contributed by atoms with Gasteiger partial charge in [0.1, 0.15) is 0 Å². The Morgan fingerprint density at radius 1 is 1.33 bits per heavy atom. The average Bonchev–Trinajstić information content (AvgIpc) is 2.55. The average molecular weight is 408 g/mol. The number of carbonyl (C=O) groups excluding carboxylic acids is 1. The Labute approximate surface area is 156 Å². The first-order chi connectivity index (χ1) is 11.6. The van der Waals surface area contributed by atoms with E-state index in [9.17, 15) is 4.79 Å². The summed E-state index contributed by atoms with van der Waals surface area (Å²) in [4.78, 5) is 14.8. The molecule has 2 aromatic rings. The summed E-state index contributed by atoms with van der Waals surface area (Å²) in [6, 6.07) is 11.6. The molecule has 24 heavy (non-hydrogen) atoms. The van der Waals surface area contributed by atoms with E-state index in [0.29, 0.717) is 5.56 Å². The number of benzene rings is 2. The van der Waals surface area contributed by atoms with Crippen molar-refractivity contribution in [2.75, 3.05) is 24.2 Å². The third-order valence-corrected chi connectivity index (χ3v) is 5.04. The number of halogens is 2. The summed E-state index contributed by atoms with van der Waals surface area (Å²) < 4.78 is 0. The van der Waals surface area contributed by atoms with Crippen molar-refractivity contribution in [1.82, 2.24) is 4.90 Å². The van der Waals surface area contributed by atoms with Crippen molar-refractivity contribution >= 4 is 39.1 Å². The maximum absolute atomic E-state index is 12.5. The number of hydrogen-bond donors (Lipinski definition) is 1. The van der Waals surface area contributed by atoms with E-state index < -0.39 is 0 Å². The van der Waals surface area contributed by atoms with Crippen molar-refractivity contribution in [3.8, 4) is 0 Å². The van der Waals surface area contributed by atoms with Gasteiger partial charge in [0.2, 0.25) is 0 Å². The van der Waals surface area contributed by atoms with Crippen molar-refractivity contribution in [2.24, 2.45) is 0 Å². The smallest absolute Gasteiger partial charge is 0.255 e. The highest BCUT2D eigenvalue weighted by Crippen LogP contribution is 2.29. The molecule has 0 aliphatic carbocycles. The maximum Gasteiger partial charge on any atom is 0.255 e. The van der Waals surface area contributed by atoms with Gasteiger partial charge in [-0.15, -0.1) is 0 Å². The molecule has 1 amide bonds. The zero-order chi connectivity index (χ0) is 17.1. The molecule has 1 N–H and O–H groups in total. The minimum absolute atomic E-state index is 0.105. The molecular formula is C19H20BrClN2O. The molecule has 1 heterocycles. The topological polar surface area (TPSA) is 32.3 Å². The van der Waals surface area contributed by atoms with E-state index in [2.05, 4.69) is 33.2 Å². The molecule has 126 valence electrons. The number of aryl methyl sites for hydroxylation is 1. The van der Waals surface area contributed by atoms with Gasteiger partial charge in [0.25, 0.3) is 5.91 Å². The molecule has 1 aliphatic heterocycles. The van der Waals surface area contributed by atoms with Crippen LogP contribution < -0.4 is 5.32 Å². The summed E-state index contributed by atoms with van der Waals surface area (Å²) >= 11 is 9.85. The SMILES string of the molecule is CN1CCc2c(Cl)cc(NC(=O)c3cccc(CCBr)c3)cc2C1. The van der Waals surface area contributed by atoms with E-state index in [4.69, 9.17) is 11.6 Å². The highest BCUT2D eigenvalue weighted by molar-refractivity contribution is 9.09. The second-order valence-corrected chi connectivity index (χ2v) is 7.38. The van der Waals surface area contributed by atoms with Crippen LogP contribution in [-0.4, -0.2) is 29.7 Å². The molecule has 0 spiro atoms. The van der Waals surface area contributed by atoms with Gasteiger partial charge in [0.15, 0.2) is 0 Å². The first kappa shape index (κ1) is 17.5. The minimum atomic E-state index is -0.105. The molecule has 3 nitrogen and oxygen atoms in total. The number of anilines is 1. The molecule has 0 bridgehead atoms. The summed E-state index contributed by atoms with van der Waals surface area (Å²) in [6.07, 6.45) is 1.85. The standard InChI is InChI=1S/C19H20BrClN2O/c1-23-8-6-17-15(12-23)10-16(11-18(17)21)22-19(24)14-4-2-3-13(9-14)5-7-20/h2-4,9-11H,5-8,12H2,1H3,(H,22,24). The first-order valence-corrected chi connectivity index (χ1v) is 9.53. The number of likely N-dealkylation sites (N-methyl/N-ethyl adjacent to an activating group) is 1. The molecule has 2 aromatic carbocycles. The second kappa shape index (κ2) is 7.68. The fourth-order valence-corrected chi connectivity index (χ4v) is 3.83. The molecule has 0 saturated heterocycles. The third kappa shape index (κ3) is 4.00. The Kier molecular flexibility index (Phi) is 5.59. The monoisotopic (exact) mass is 406 g/mol. The molecule has 0 aromatic heterocycles. The number of nitrogens with zero attached hydrogens (tertiary/aromatic N) is 1. The number of hydrogen-bond acceptors (Lipinski definition) is 2. The summed E-state index contributed by atoms with van der Waals surface area (Å²) in [5, 5.41) is 4.60. The van der Waals surface area contributed by atoms with Gasteiger partial charge in [0, 0.05) is 34.7 Å². The Balaban J connectivity index is 1.81. The minimum Gasteiger partial charge on any atom is -0.322 e. The number of carbonyl (C=O) groups is 1. The van der Waals surface area contributed by atoms with E-state index in [0.717, 1.165) is 47.5 Å². The van der Waals surface area contributed by atoms with Crippen LogP contribution in [0.2, 0.25) is 5.02 Å². The van der Waals surface area contributed by atoms with Gasteiger partial charge < -0.3 is 10.2 Å². The van der Waals surface area contributed by atoms with Gasteiger partial charge >= 0.3 is 0 Å². The fraction of sp³-hybridized carbons (Fsp3) is 0.316. The number of nitrogens with one attached hydrogen (secondary N) is 1. The zero-order valence-corrected chi connectivity index (χ0v) is 16.0. The maximum atomic E-state index is 12.5. The van der Waals surface area contributed by atoms with Gasteiger partial charge in [-0.25, -0.2) is 0 Å². The number of fused-ring (bicyclic) bond motifs is 1.